The molecular formula is C33H45N5O5. The van der Waals surface area contributed by atoms with Crippen LogP contribution in [-0.4, -0.2) is 53.0 Å². The lowest BCUT2D eigenvalue weighted by Crippen LogP contribution is -2.55. The first kappa shape index (κ1) is 32.0. The molecular weight excluding hydrogens is 546 g/mol. The van der Waals surface area contributed by atoms with Crippen LogP contribution in [0.1, 0.15) is 77.7 Å². The van der Waals surface area contributed by atoms with Crippen molar-refractivity contribution in [2.75, 3.05) is 6.54 Å². The molecule has 1 aromatic carbocycles. The van der Waals surface area contributed by atoms with E-state index in [2.05, 4.69) is 21.3 Å². The molecule has 2 aliphatic heterocycles. The zero-order valence-corrected chi connectivity index (χ0v) is 25.5. The number of hydrogen-bond acceptors (Lipinski definition) is 7. The monoisotopic (exact) mass is 591 g/mol. The minimum atomic E-state index is -1.37. The van der Waals surface area contributed by atoms with Crippen LogP contribution in [0.25, 0.3) is 0 Å². The van der Waals surface area contributed by atoms with Crippen LogP contribution in [0.5, 0.6) is 0 Å². The van der Waals surface area contributed by atoms with Crippen LogP contribution in [0.3, 0.4) is 0 Å². The highest BCUT2D eigenvalue weighted by Crippen LogP contribution is 2.40. The molecule has 3 atom stereocenters. The summed E-state index contributed by atoms with van der Waals surface area (Å²) in [6.45, 7) is 5.86. The summed E-state index contributed by atoms with van der Waals surface area (Å²) >= 11 is 0. The van der Waals surface area contributed by atoms with Gasteiger partial charge in [-0.2, -0.15) is 0 Å². The van der Waals surface area contributed by atoms with Gasteiger partial charge in [0.2, 0.25) is 17.7 Å². The average molecular weight is 592 g/mol. The topological polar surface area (TPSA) is 159 Å². The van der Waals surface area contributed by atoms with Gasteiger partial charge in [0, 0.05) is 43.4 Å². The number of hydrogen-bond donors (Lipinski definition) is 5. The fourth-order valence-corrected chi connectivity index (χ4v) is 6.93. The zero-order chi connectivity index (χ0) is 31.2. The molecule has 232 valence electrons. The molecule has 10 heteroatoms. The molecule has 1 saturated carbocycles. The molecule has 3 unspecified atom stereocenters. The summed E-state index contributed by atoms with van der Waals surface area (Å²) in [6.07, 6.45) is 8.61. The average Bonchev–Trinajstić information content (AvgIpc) is 3.66. The third-order valence-electron chi connectivity index (χ3n) is 8.83. The van der Waals surface area contributed by atoms with E-state index in [4.69, 9.17) is 5.73 Å². The molecule has 6 N–H and O–H groups in total. The summed E-state index contributed by atoms with van der Waals surface area (Å²) in [6, 6.07) is 8.90. The van der Waals surface area contributed by atoms with Crippen molar-refractivity contribution in [2.24, 2.45) is 17.6 Å². The Morgan fingerprint density at radius 3 is 2.35 bits per heavy atom. The molecule has 1 fully saturated rings. The quantitative estimate of drug-likeness (QED) is 0.208. The standard InChI is InChI=1S/C33H45N5O5/c1-21(2)17-32(14-9-15-35-31(43)28(38-22(3)39)24-12-7-8-13-24)30(42)26(20-36-32)33(18-23-10-5-4-6-11-23)29(41)25(19-37-33)16-27(34)40/h4-6,10-11,19-21,24,28,36-37H,7-9,12-18H2,1-3H3,(H2,34,40)(H,35,43)(H,38,39). The van der Waals surface area contributed by atoms with Crippen molar-refractivity contribution in [3.05, 3.63) is 59.4 Å². The van der Waals surface area contributed by atoms with Crippen molar-refractivity contribution in [1.82, 2.24) is 21.3 Å². The molecule has 1 aliphatic carbocycles. The minimum Gasteiger partial charge on any atom is -0.378 e. The number of carbonyl (C=O) groups is 5. The molecule has 43 heavy (non-hydrogen) atoms. The maximum Gasteiger partial charge on any atom is 0.242 e. The number of Topliss-reactive ketones (excluding diaryl/α,β-unsaturated/α-hetero) is 2. The van der Waals surface area contributed by atoms with Crippen LogP contribution < -0.4 is 27.0 Å². The number of ketones is 2. The van der Waals surface area contributed by atoms with Gasteiger partial charge in [-0.1, -0.05) is 57.0 Å². The van der Waals surface area contributed by atoms with Crippen molar-refractivity contribution < 1.29 is 24.0 Å². The lowest BCUT2D eigenvalue weighted by molar-refractivity contribution is -0.129. The highest BCUT2D eigenvalue weighted by atomic mass is 16.2. The van der Waals surface area contributed by atoms with Gasteiger partial charge >= 0.3 is 0 Å². The van der Waals surface area contributed by atoms with Gasteiger partial charge in [0.05, 0.1) is 6.42 Å². The largest absolute Gasteiger partial charge is 0.378 e. The molecule has 10 nitrogen and oxygen atoms in total. The van der Waals surface area contributed by atoms with Crippen LogP contribution in [0.4, 0.5) is 0 Å². The van der Waals surface area contributed by atoms with Gasteiger partial charge in [-0.3, -0.25) is 24.0 Å². The maximum atomic E-state index is 14.4. The first-order valence-electron chi connectivity index (χ1n) is 15.4. The second-order valence-electron chi connectivity index (χ2n) is 12.7. The number of primary amides is 1. The molecule has 0 aromatic heterocycles. The fraction of sp³-hybridized carbons (Fsp3) is 0.545. The predicted molar refractivity (Wildman–Crippen MR) is 163 cm³/mol. The Balaban J connectivity index is 1.50. The molecule has 0 saturated heterocycles. The van der Waals surface area contributed by atoms with Crippen molar-refractivity contribution in [3.63, 3.8) is 0 Å². The Hall–Kier alpha value is -3.95. The van der Waals surface area contributed by atoms with Crippen LogP contribution in [-0.2, 0) is 30.4 Å². The van der Waals surface area contributed by atoms with Crippen molar-refractivity contribution in [1.29, 1.82) is 0 Å². The highest BCUT2D eigenvalue weighted by Gasteiger charge is 2.55. The summed E-state index contributed by atoms with van der Waals surface area (Å²) in [5.74, 6) is -1.24. The highest BCUT2D eigenvalue weighted by molar-refractivity contribution is 6.18. The Morgan fingerprint density at radius 1 is 1.02 bits per heavy atom. The Labute approximate surface area is 253 Å². The lowest BCUT2D eigenvalue weighted by atomic mass is 9.73. The van der Waals surface area contributed by atoms with Crippen LogP contribution >= 0.6 is 0 Å². The summed E-state index contributed by atoms with van der Waals surface area (Å²) < 4.78 is 0. The number of amides is 3. The minimum absolute atomic E-state index is 0.131. The second-order valence-corrected chi connectivity index (χ2v) is 12.7. The number of benzene rings is 1. The van der Waals surface area contributed by atoms with E-state index >= 15 is 0 Å². The maximum absolute atomic E-state index is 14.4. The SMILES string of the molecule is CC(=O)NC(C(=O)NCCCC1(CC(C)C)NC=C(C2(Cc3ccccc3)NC=C(CC(N)=O)C2=O)C1=O)C1CCCC1. The first-order valence-corrected chi connectivity index (χ1v) is 15.4. The van der Waals surface area contributed by atoms with E-state index in [9.17, 15) is 24.0 Å². The van der Waals surface area contributed by atoms with Crippen molar-refractivity contribution in [3.8, 4) is 0 Å². The van der Waals surface area contributed by atoms with E-state index in [0.717, 1.165) is 31.2 Å². The molecule has 3 aliphatic rings. The normalized spacial score (nSPS) is 24.3. The Kier molecular flexibility index (Phi) is 10.1. The van der Waals surface area contributed by atoms with E-state index in [-0.39, 0.29) is 53.6 Å². The summed E-state index contributed by atoms with van der Waals surface area (Å²) in [7, 11) is 0. The zero-order valence-electron chi connectivity index (χ0n) is 25.5. The van der Waals surface area contributed by atoms with Crippen LogP contribution in [0, 0.1) is 11.8 Å². The molecule has 3 amide bonds. The van der Waals surface area contributed by atoms with Gasteiger partial charge in [-0.05, 0) is 49.5 Å². The van der Waals surface area contributed by atoms with Crippen molar-refractivity contribution >= 4 is 29.3 Å². The van der Waals surface area contributed by atoms with Gasteiger partial charge in [-0.25, -0.2) is 0 Å². The Morgan fingerprint density at radius 2 is 1.72 bits per heavy atom. The first-order chi connectivity index (χ1) is 20.5. The third kappa shape index (κ3) is 7.17. The summed E-state index contributed by atoms with van der Waals surface area (Å²) in [5, 5.41) is 12.4. The van der Waals surface area contributed by atoms with E-state index in [0.29, 0.717) is 31.4 Å². The van der Waals surface area contributed by atoms with E-state index in [1.165, 1.54) is 13.1 Å². The number of nitrogens with two attached hydrogens (primary N) is 1. The second kappa shape index (κ2) is 13.6. The van der Waals surface area contributed by atoms with E-state index in [1.54, 1.807) is 6.20 Å². The number of carbonyl (C=O) groups excluding carboxylic acids is 5. The molecule has 4 rings (SSSR count). The molecule has 0 spiro atoms. The number of rotatable bonds is 14. The summed E-state index contributed by atoms with van der Waals surface area (Å²) in [4.78, 5) is 64.8. The molecule has 1 aromatic rings. The van der Waals surface area contributed by atoms with E-state index in [1.807, 2.05) is 44.2 Å². The number of nitrogens with one attached hydrogen (secondary N) is 4. The third-order valence-corrected chi connectivity index (χ3v) is 8.83. The summed E-state index contributed by atoms with van der Waals surface area (Å²) in [5.41, 5.74) is 4.54. The molecule has 0 radical (unpaired) electrons. The Bertz CT molecular complexity index is 1300. The van der Waals surface area contributed by atoms with E-state index < -0.39 is 23.0 Å². The lowest BCUT2D eigenvalue weighted by Gasteiger charge is -2.34. The van der Waals surface area contributed by atoms with Gasteiger partial charge in [0.25, 0.3) is 0 Å². The predicted octanol–water partition coefficient (Wildman–Crippen LogP) is 2.33. The molecule has 2 heterocycles. The smallest absolute Gasteiger partial charge is 0.242 e. The van der Waals surface area contributed by atoms with Gasteiger partial charge in [0.1, 0.15) is 17.1 Å². The van der Waals surface area contributed by atoms with Gasteiger partial charge < -0.3 is 27.0 Å². The molecule has 0 bridgehead atoms. The van der Waals surface area contributed by atoms with Gasteiger partial charge in [-0.15, -0.1) is 0 Å². The van der Waals surface area contributed by atoms with Crippen LogP contribution in [0.15, 0.2) is 53.9 Å². The van der Waals surface area contributed by atoms with Crippen molar-refractivity contribution in [2.45, 2.75) is 95.7 Å². The fourth-order valence-electron chi connectivity index (χ4n) is 6.93. The van der Waals surface area contributed by atoms with Crippen LogP contribution in [0.2, 0.25) is 0 Å². The van der Waals surface area contributed by atoms with Gasteiger partial charge in [0.15, 0.2) is 11.6 Å².